The maximum absolute atomic E-state index is 6.09. The van der Waals surface area contributed by atoms with Crippen molar-refractivity contribution in [2.75, 3.05) is 0 Å². The third-order valence-electron chi connectivity index (χ3n) is 1.95. The molecule has 0 aromatic heterocycles. The first-order valence-corrected chi connectivity index (χ1v) is 4.41. The van der Waals surface area contributed by atoms with Gasteiger partial charge in [-0.1, -0.05) is 26.7 Å². The summed E-state index contributed by atoms with van der Waals surface area (Å²) in [5.41, 5.74) is 6.00. The molecule has 0 unspecified atom stereocenters. The van der Waals surface area contributed by atoms with Crippen molar-refractivity contribution in [3.63, 3.8) is 0 Å². The Morgan fingerprint density at radius 2 is 1.73 bits per heavy atom. The van der Waals surface area contributed by atoms with E-state index in [9.17, 15) is 0 Å². The van der Waals surface area contributed by atoms with E-state index in [1.807, 2.05) is 0 Å². The van der Waals surface area contributed by atoms with Gasteiger partial charge in [0.15, 0.2) is 0 Å². The first kappa shape index (κ1) is 10.5. The van der Waals surface area contributed by atoms with E-state index in [2.05, 4.69) is 19.8 Å². The van der Waals surface area contributed by atoms with Gasteiger partial charge in [0.1, 0.15) is 0 Å². The summed E-state index contributed by atoms with van der Waals surface area (Å²) in [6.45, 7) is 4.29. The molecule has 0 radical (unpaired) electrons. The van der Waals surface area contributed by atoms with Crippen LogP contribution in [0, 0.1) is 12.3 Å². The van der Waals surface area contributed by atoms with Crippen molar-refractivity contribution >= 4 is 0 Å². The molecule has 0 aliphatic rings. The van der Waals surface area contributed by atoms with Crippen LogP contribution in [0.3, 0.4) is 0 Å². The highest BCUT2D eigenvalue weighted by Crippen LogP contribution is 2.19. The Balaban J connectivity index is 3.92. The zero-order chi connectivity index (χ0) is 8.74. The Hall–Kier alpha value is -0.480. The number of rotatable bonds is 5. The molecule has 0 amide bonds. The first-order valence-electron chi connectivity index (χ1n) is 4.41. The van der Waals surface area contributed by atoms with E-state index in [1.54, 1.807) is 0 Å². The lowest BCUT2D eigenvalue weighted by Crippen LogP contribution is -2.38. The van der Waals surface area contributed by atoms with Crippen LogP contribution in [0.4, 0.5) is 0 Å². The molecule has 0 fully saturated rings. The number of nitrogens with two attached hydrogens (primary N) is 1. The molecule has 1 heteroatoms. The van der Waals surface area contributed by atoms with Gasteiger partial charge in [0.2, 0.25) is 0 Å². The highest BCUT2D eigenvalue weighted by molar-refractivity contribution is 4.97. The summed E-state index contributed by atoms with van der Waals surface area (Å²) in [6.07, 6.45) is 10.3. The fraction of sp³-hybridized carbons (Fsp3) is 0.800. The van der Waals surface area contributed by atoms with Crippen LogP contribution in [0.15, 0.2) is 0 Å². The van der Waals surface area contributed by atoms with Gasteiger partial charge >= 0.3 is 0 Å². The summed E-state index contributed by atoms with van der Waals surface area (Å²) in [6, 6.07) is 0. The Kier molecular flexibility index (Phi) is 4.98. The Morgan fingerprint density at radius 3 is 2.00 bits per heavy atom. The summed E-state index contributed by atoms with van der Waals surface area (Å²) in [4.78, 5) is 0. The van der Waals surface area contributed by atoms with Crippen LogP contribution in [0.2, 0.25) is 0 Å². The monoisotopic (exact) mass is 153 g/mol. The summed E-state index contributed by atoms with van der Waals surface area (Å²) in [5.74, 6) is 2.65. The normalized spacial score (nSPS) is 11.1. The molecular formula is C10H19N. The van der Waals surface area contributed by atoms with Crippen LogP contribution in [0.5, 0.6) is 0 Å². The smallest absolute Gasteiger partial charge is 0.0267 e. The molecule has 0 aromatic rings. The average molecular weight is 153 g/mol. The molecule has 64 valence electrons. The van der Waals surface area contributed by atoms with Crippen molar-refractivity contribution in [2.24, 2.45) is 5.73 Å². The fourth-order valence-corrected chi connectivity index (χ4v) is 1.50. The molecule has 0 rings (SSSR count). The molecule has 0 aliphatic carbocycles. The lowest BCUT2D eigenvalue weighted by molar-refractivity contribution is 0.366. The molecule has 0 saturated heterocycles. The summed E-state index contributed by atoms with van der Waals surface area (Å²) in [5, 5.41) is 0. The molecular weight excluding hydrogens is 134 g/mol. The highest BCUT2D eigenvalue weighted by atomic mass is 14.7. The molecule has 0 atom stereocenters. The summed E-state index contributed by atoms with van der Waals surface area (Å²) in [7, 11) is 0. The van der Waals surface area contributed by atoms with E-state index in [0.717, 1.165) is 25.7 Å². The lowest BCUT2D eigenvalue weighted by atomic mass is 9.87. The van der Waals surface area contributed by atoms with Crippen LogP contribution in [-0.2, 0) is 0 Å². The van der Waals surface area contributed by atoms with E-state index < -0.39 is 0 Å². The molecule has 11 heavy (non-hydrogen) atoms. The zero-order valence-corrected chi connectivity index (χ0v) is 7.69. The van der Waals surface area contributed by atoms with Gasteiger partial charge in [0.05, 0.1) is 0 Å². The van der Waals surface area contributed by atoms with Crippen molar-refractivity contribution < 1.29 is 0 Å². The van der Waals surface area contributed by atoms with Gasteiger partial charge in [-0.3, -0.25) is 0 Å². The van der Waals surface area contributed by atoms with E-state index in [0.29, 0.717) is 6.42 Å². The molecule has 0 aliphatic heterocycles. The minimum atomic E-state index is -0.0851. The number of terminal acetylenes is 1. The largest absolute Gasteiger partial charge is 0.324 e. The van der Waals surface area contributed by atoms with E-state index in [1.165, 1.54) is 0 Å². The predicted octanol–water partition coefficient (Wildman–Crippen LogP) is 2.31. The second-order valence-corrected chi connectivity index (χ2v) is 3.24. The maximum atomic E-state index is 6.09. The minimum Gasteiger partial charge on any atom is -0.324 e. The third-order valence-corrected chi connectivity index (χ3v) is 1.95. The van der Waals surface area contributed by atoms with Crippen LogP contribution < -0.4 is 5.73 Å². The molecule has 0 bridgehead atoms. The van der Waals surface area contributed by atoms with Gasteiger partial charge in [-0.25, -0.2) is 0 Å². The molecule has 0 aromatic carbocycles. The quantitative estimate of drug-likeness (QED) is 0.603. The molecule has 0 saturated carbocycles. The second kappa shape index (κ2) is 5.21. The molecule has 0 spiro atoms. The second-order valence-electron chi connectivity index (χ2n) is 3.24. The number of hydrogen-bond acceptors (Lipinski definition) is 1. The van der Waals surface area contributed by atoms with E-state index in [4.69, 9.17) is 12.2 Å². The van der Waals surface area contributed by atoms with Crippen molar-refractivity contribution in [2.45, 2.75) is 51.5 Å². The van der Waals surface area contributed by atoms with Crippen LogP contribution in [0.1, 0.15) is 46.0 Å². The predicted molar refractivity (Wildman–Crippen MR) is 50.2 cm³/mol. The van der Waals surface area contributed by atoms with Gasteiger partial charge in [-0.15, -0.1) is 12.3 Å². The Bertz CT molecular complexity index is 126. The standard InChI is InChI=1S/C10H19N/c1-4-7-10(11,8-5-2)9-6-3/h1H,5-9,11H2,2-3H3. The van der Waals surface area contributed by atoms with Crippen molar-refractivity contribution in [3.05, 3.63) is 0 Å². The molecule has 0 heterocycles. The Labute approximate surface area is 70.4 Å². The summed E-state index contributed by atoms with van der Waals surface area (Å²) >= 11 is 0. The van der Waals surface area contributed by atoms with Crippen molar-refractivity contribution in [1.82, 2.24) is 0 Å². The van der Waals surface area contributed by atoms with Gasteiger partial charge < -0.3 is 5.73 Å². The van der Waals surface area contributed by atoms with E-state index >= 15 is 0 Å². The lowest BCUT2D eigenvalue weighted by Gasteiger charge is -2.26. The van der Waals surface area contributed by atoms with Crippen LogP contribution in [0.25, 0.3) is 0 Å². The van der Waals surface area contributed by atoms with Crippen molar-refractivity contribution in [3.8, 4) is 12.3 Å². The van der Waals surface area contributed by atoms with Gasteiger partial charge in [-0.2, -0.15) is 0 Å². The third kappa shape index (κ3) is 4.06. The van der Waals surface area contributed by atoms with Crippen LogP contribution in [-0.4, -0.2) is 5.54 Å². The first-order chi connectivity index (χ1) is 5.18. The highest BCUT2D eigenvalue weighted by Gasteiger charge is 2.20. The fourth-order valence-electron chi connectivity index (χ4n) is 1.50. The number of hydrogen-bond donors (Lipinski definition) is 1. The molecule has 2 N–H and O–H groups in total. The van der Waals surface area contributed by atoms with Gasteiger partial charge in [0, 0.05) is 12.0 Å². The van der Waals surface area contributed by atoms with E-state index in [-0.39, 0.29) is 5.54 Å². The SMILES string of the molecule is C#CCC(N)(CCC)CCC. The van der Waals surface area contributed by atoms with Crippen LogP contribution >= 0.6 is 0 Å². The zero-order valence-electron chi connectivity index (χ0n) is 7.69. The minimum absolute atomic E-state index is 0.0851. The van der Waals surface area contributed by atoms with Gasteiger partial charge in [-0.05, 0) is 12.8 Å². The summed E-state index contributed by atoms with van der Waals surface area (Å²) < 4.78 is 0. The topological polar surface area (TPSA) is 26.0 Å². The Morgan fingerprint density at radius 1 is 1.27 bits per heavy atom. The molecule has 1 nitrogen and oxygen atoms in total. The maximum Gasteiger partial charge on any atom is 0.0267 e. The van der Waals surface area contributed by atoms with Crippen molar-refractivity contribution in [1.29, 1.82) is 0 Å². The average Bonchev–Trinajstić information content (AvgIpc) is 1.88. The van der Waals surface area contributed by atoms with Gasteiger partial charge in [0.25, 0.3) is 0 Å².